The minimum atomic E-state index is -0.299. The minimum Gasteiger partial charge on any atom is -0.339 e. The number of carbonyl (C=O) groups is 2. The zero-order valence-electron chi connectivity index (χ0n) is 14.6. The molecule has 0 radical (unpaired) electrons. The molecule has 0 bridgehead atoms. The highest BCUT2D eigenvalue weighted by Gasteiger charge is 2.13. The van der Waals surface area contributed by atoms with Crippen LogP contribution in [0.5, 0.6) is 0 Å². The van der Waals surface area contributed by atoms with Crippen LogP contribution in [0.2, 0.25) is 5.02 Å². The van der Waals surface area contributed by atoms with Crippen LogP contribution < -0.4 is 5.32 Å². The van der Waals surface area contributed by atoms with Crippen LogP contribution in [0.25, 0.3) is 10.6 Å². The van der Waals surface area contributed by atoms with Crippen molar-refractivity contribution in [2.75, 3.05) is 19.4 Å². The predicted molar refractivity (Wildman–Crippen MR) is 112 cm³/mol. The Kier molecular flexibility index (Phi) is 6.15. The monoisotopic (exact) mass is 417 g/mol. The predicted octanol–water partition coefficient (Wildman–Crippen LogP) is 5.49. The smallest absolute Gasteiger partial charge is 0.285 e. The van der Waals surface area contributed by atoms with Crippen molar-refractivity contribution in [3.63, 3.8) is 0 Å². The molecule has 8 heteroatoms. The molecule has 0 fully saturated rings. The van der Waals surface area contributed by atoms with Crippen molar-refractivity contribution in [3.8, 4) is 10.6 Å². The fourth-order valence-electron chi connectivity index (χ4n) is 2.13. The zero-order chi connectivity index (χ0) is 19.4. The summed E-state index contributed by atoms with van der Waals surface area (Å²) in [5.41, 5.74) is 1.86. The lowest BCUT2D eigenvalue weighted by Gasteiger charge is -2.10. The summed E-state index contributed by atoms with van der Waals surface area (Å²) < 4.78 is 0. The Bertz CT molecular complexity index is 971. The Balaban J connectivity index is 1.71. The van der Waals surface area contributed by atoms with Crippen molar-refractivity contribution < 1.29 is 9.59 Å². The number of thioether (sulfide) groups is 1. The largest absolute Gasteiger partial charge is 0.339 e. The van der Waals surface area contributed by atoms with Crippen molar-refractivity contribution in [1.82, 2.24) is 9.88 Å². The van der Waals surface area contributed by atoms with Gasteiger partial charge in [-0.3, -0.25) is 9.59 Å². The van der Waals surface area contributed by atoms with Crippen LogP contribution in [0, 0.1) is 0 Å². The third-order valence-electron chi connectivity index (χ3n) is 3.49. The molecule has 0 saturated carbocycles. The fourth-order valence-corrected chi connectivity index (χ4v) is 3.78. The molecule has 2 aromatic carbocycles. The molecule has 1 aromatic heterocycles. The van der Waals surface area contributed by atoms with Crippen molar-refractivity contribution in [2.45, 2.75) is 4.90 Å². The number of amides is 2. The van der Waals surface area contributed by atoms with Crippen molar-refractivity contribution in [2.24, 2.45) is 0 Å². The average molecular weight is 418 g/mol. The summed E-state index contributed by atoms with van der Waals surface area (Å²) >= 11 is 8.40. The Hall–Kier alpha value is -2.35. The number of anilines is 1. The molecule has 5 nitrogen and oxygen atoms in total. The molecule has 1 N–H and O–H groups in total. The summed E-state index contributed by atoms with van der Waals surface area (Å²) in [7, 11) is 3.39. The van der Waals surface area contributed by atoms with E-state index in [9.17, 15) is 9.59 Å². The Morgan fingerprint density at radius 1 is 1.15 bits per heavy atom. The molecule has 3 rings (SSSR count). The standard InChI is InChI=1S/C19H16ClN3O2S2/c1-23(2)19(25)27-15-5-3-4-14(10-15)21-17(24)16-11-26-18(22-16)12-6-8-13(20)9-7-12/h3-11H,1-2H3,(H,21,24). The summed E-state index contributed by atoms with van der Waals surface area (Å²) in [6.07, 6.45) is 0. The van der Waals surface area contributed by atoms with Crippen molar-refractivity contribution in [3.05, 3.63) is 64.6 Å². The average Bonchev–Trinajstić information content (AvgIpc) is 3.13. The number of rotatable bonds is 4. The summed E-state index contributed by atoms with van der Waals surface area (Å²) in [6, 6.07) is 14.5. The van der Waals surface area contributed by atoms with Crippen LogP contribution in [0.1, 0.15) is 10.5 Å². The van der Waals surface area contributed by atoms with Gasteiger partial charge in [0.1, 0.15) is 10.7 Å². The molecule has 0 aliphatic heterocycles. The van der Waals surface area contributed by atoms with Crippen LogP contribution in [0.15, 0.2) is 58.8 Å². The van der Waals surface area contributed by atoms with E-state index in [0.717, 1.165) is 27.2 Å². The van der Waals surface area contributed by atoms with Gasteiger partial charge in [0.15, 0.2) is 0 Å². The molecule has 138 valence electrons. The van der Waals surface area contributed by atoms with Gasteiger partial charge >= 0.3 is 0 Å². The van der Waals surface area contributed by atoms with Crippen LogP contribution in [0.4, 0.5) is 10.5 Å². The van der Waals surface area contributed by atoms with Gasteiger partial charge in [-0.1, -0.05) is 29.8 Å². The Morgan fingerprint density at radius 3 is 2.59 bits per heavy atom. The van der Waals surface area contributed by atoms with E-state index in [2.05, 4.69) is 10.3 Å². The maximum absolute atomic E-state index is 12.5. The first kappa shape index (κ1) is 19.4. The topological polar surface area (TPSA) is 62.3 Å². The number of aromatic nitrogens is 1. The van der Waals surface area contributed by atoms with Crippen LogP contribution in [-0.4, -0.2) is 35.1 Å². The molecule has 0 unspecified atom stereocenters. The van der Waals surface area contributed by atoms with E-state index in [1.807, 2.05) is 18.2 Å². The molecular weight excluding hydrogens is 402 g/mol. The summed E-state index contributed by atoms with van der Waals surface area (Å²) in [4.78, 5) is 31.0. The molecule has 1 heterocycles. The highest BCUT2D eigenvalue weighted by Crippen LogP contribution is 2.26. The van der Waals surface area contributed by atoms with Crippen molar-refractivity contribution in [1.29, 1.82) is 0 Å². The number of thiazole rings is 1. The molecule has 27 heavy (non-hydrogen) atoms. The lowest BCUT2D eigenvalue weighted by atomic mass is 10.2. The lowest BCUT2D eigenvalue weighted by molar-refractivity contribution is 0.102. The number of halogens is 1. The van der Waals surface area contributed by atoms with Gasteiger partial charge in [-0.05, 0) is 42.1 Å². The lowest BCUT2D eigenvalue weighted by Crippen LogP contribution is -2.16. The van der Waals surface area contributed by atoms with Gasteiger partial charge in [-0.2, -0.15) is 0 Å². The number of hydrogen-bond donors (Lipinski definition) is 1. The van der Waals surface area contributed by atoms with Gasteiger partial charge in [0.05, 0.1) is 0 Å². The zero-order valence-corrected chi connectivity index (χ0v) is 17.0. The van der Waals surface area contributed by atoms with E-state index < -0.39 is 0 Å². The van der Waals surface area contributed by atoms with Gasteiger partial charge < -0.3 is 10.2 Å². The van der Waals surface area contributed by atoms with E-state index >= 15 is 0 Å². The summed E-state index contributed by atoms with van der Waals surface area (Å²) in [6.45, 7) is 0. The first-order valence-corrected chi connectivity index (χ1v) is 10.0. The van der Waals surface area contributed by atoms with Gasteiger partial charge in [0.25, 0.3) is 11.1 Å². The van der Waals surface area contributed by atoms with E-state index in [0.29, 0.717) is 16.4 Å². The first-order valence-electron chi connectivity index (χ1n) is 7.94. The Labute approximate surface area is 170 Å². The number of hydrogen-bond acceptors (Lipinski definition) is 5. The van der Waals surface area contributed by atoms with Gasteiger partial charge in [-0.25, -0.2) is 4.98 Å². The van der Waals surface area contributed by atoms with E-state index in [1.54, 1.807) is 49.8 Å². The maximum atomic E-state index is 12.5. The Morgan fingerprint density at radius 2 is 1.89 bits per heavy atom. The highest BCUT2D eigenvalue weighted by atomic mass is 35.5. The number of benzene rings is 2. The van der Waals surface area contributed by atoms with Gasteiger partial charge in [-0.15, -0.1) is 11.3 Å². The van der Waals surface area contributed by atoms with Crippen LogP contribution >= 0.6 is 34.7 Å². The molecule has 2 amide bonds. The van der Waals surface area contributed by atoms with E-state index in [4.69, 9.17) is 11.6 Å². The second-order valence-electron chi connectivity index (χ2n) is 5.79. The molecule has 3 aromatic rings. The number of nitrogens with one attached hydrogen (secondary N) is 1. The summed E-state index contributed by atoms with van der Waals surface area (Å²) in [5.74, 6) is -0.299. The molecule has 0 aliphatic rings. The first-order chi connectivity index (χ1) is 12.9. The molecule has 0 atom stereocenters. The maximum Gasteiger partial charge on any atom is 0.285 e. The normalized spacial score (nSPS) is 10.5. The van der Waals surface area contributed by atoms with Crippen molar-refractivity contribution >= 4 is 51.5 Å². The number of nitrogens with zero attached hydrogens (tertiary/aromatic N) is 2. The molecular formula is C19H16ClN3O2S2. The fraction of sp³-hybridized carbons (Fsp3) is 0.105. The van der Waals surface area contributed by atoms with E-state index in [-0.39, 0.29) is 11.1 Å². The molecule has 0 aliphatic carbocycles. The molecule has 0 saturated heterocycles. The third-order valence-corrected chi connectivity index (χ3v) is 5.66. The quantitative estimate of drug-likeness (QED) is 0.570. The summed E-state index contributed by atoms with van der Waals surface area (Å²) in [5, 5.41) is 5.86. The van der Waals surface area contributed by atoms with Gasteiger partial charge in [0.2, 0.25) is 0 Å². The third kappa shape index (κ3) is 5.09. The highest BCUT2D eigenvalue weighted by molar-refractivity contribution is 8.13. The van der Waals surface area contributed by atoms with Crippen LogP contribution in [-0.2, 0) is 0 Å². The SMILES string of the molecule is CN(C)C(=O)Sc1cccc(NC(=O)c2csc(-c3ccc(Cl)cc3)n2)c1. The second kappa shape index (κ2) is 8.56. The van der Waals surface area contributed by atoms with Crippen LogP contribution in [0.3, 0.4) is 0 Å². The molecule has 0 spiro atoms. The number of carbonyl (C=O) groups excluding carboxylic acids is 2. The van der Waals surface area contributed by atoms with E-state index in [1.165, 1.54) is 16.2 Å². The second-order valence-corrected chi connectivity index (χ2v) is 8.11. The minimum absolute atomic E-state index is 0.0782. The van der Waals surface area contributed by atoms with Gasteiger partial charge in [0, 0.05) is 40.6 Å².